The molecule has 0 saturated heterocycles. The van der Waals surface area contributed by atoms with Crippen molar-refractivity contribution in [3.8, 4) is 0 Å². The van der Waals surface area contributed by atoms with Crippen LogP contribution in [0.4, 0.5) is 0 Å². The van der Waals surface area contributed by atoms with Crippen molar-refractivity contribution < 1.29 is 4.79 Å². The van der Waals surface area contributed by atoms with Crippen molar-refractivity contribution in [1.82, 2.24) is 4.98 Å². The standard InChI is InChI=1S/C11H13NO/c1-8-6-7-12-11-9(8)4-2-3-5-10(11)13/h6-7H,2-5H2,1H3. The quantitative estimate of drug-likeness (QED) is 0.566. The molecule has 1 aromatic heterocycles. The zero-order chi connectivity index (χ0) is 9.26. The third-order valence-electron chi connectivity index (χ3n) is 2.63. The number of aryl methyl sites for hydroxylation is 1. The first-order chi connectivity index (χ1) is 6.29. The number of pyridine rings is 1. The van der Waals surface area contributed by atoms with Gasteiger partial charge in [0.2, 0.25) is 0 Å². The summed E-state index contributed by atoms with van der Waals surface area (Å²) in [5.74, 6) is 0.219. The van der Waals surface area contributed by atoms with Crippen molar-refractivity contribution in [2.75, 3.05) is 0 Å². The molecule has 0 aromatic carbocycles. The molecule has 13 heavy (non-hydrogen) atoms. The third kappa shape index (κ3) is 1.48. The van der Waals surface area contributed by atoms with E-state index < -0.39 is 0 Å². The first-order valence-corrected chi connectivity index (χ1v) is 4.77. The maximum absolute atomic E-state index is 11.6. The summed E-state index contributed by atoms with van der Waals surface area (Å²) in [4.78, 5) is 15.8. The molecule has 1 aliphatic carbocycles. The Morgan fingerprint density at radius 2 is 2.08 bits per heavy atom. The van der Waals surface area contributed by atoms with Gasteiger partial charge in [0.05, 0.1) is 0 Å². The lowest BCUT2D eigenvalue weighted by Crippen LogP contribution is -2.04. The smallest absolute Gasteiger partial charge is 0.181 e. The van der Waals surface area contributed by atoms with Gasteiger partial charge in [-0.25, -0.2) is 0 Å². The van der Waals surface area contributed by atoms with Gasteiger partial charge in [-0.1, -0.05) is 0 Å². The Balaban J connectivity index is 2.54. The van der Waals surface area contributed by atoms with Gasteiger partial charge in [0.1, 0.15) is 5.69 Å². The van der Waals surface area contributed by atoms with Crippen LogP contribution in [-0.4, -0.2) is 10.8 Å². The number of fused-ring (bicyclic) bond motifs is 1. The fourth-order valence-corrected chi connectivity index (χ4v) is 1.85. The van der Waals surface area contributed by atoms with E-state index in [1.807, 2.05) is 6.07 Å². The SMILES string of the molecule is Cc1ccnc2c1CCCCC2=O. The first kappa shape index (κ1) is 8.42. The highest BCUT2D eigenvalue weighted by molar-refractivity contribution is 5.96. The Labute approximate surface area is 78.0 Å². The molecule has 0 atom stereocenters. The van der Waals surface area contributed by atoms with Crippen molar-refractivity contribution in [3.05, 3.63) is 29.1 Å². The summed E-state index contributed by atoms with van der Waals surface area (Å²) < 4.78 is 0. The molecule has 0 aliphatic heterocycles. The van der Waals surface area contributed by atoms with E-state index in [4.69, 9.17) is 0 Å². The second-order valence-electron chi connectivity index (χ2n) is 3.59. The Hall–Kier alpha value is -1.18. The van der Waals surface area contributed by atoms with Gasteiger partial charge in [-0.05, 0) is 43.4 Å². The normalized spacial score (nSPS) is 16.5. The third-order valence-corrected chi connectivity index (χ3v) is 2.63. The molecule has 0 spiro atoms. The van der Waals surface area contributed by atoms with Crippen molar-refractivity contribution >= 4 is 5.78 Å². The van der Waals surface area contributed by atoms with E-state index in [2.05, 4.69) is 11.9 Å². The minimum atomic E-state index is 0.219. The van der Waals surface area contributed by atoms with E-state index >= 15 is 0 Å². The molecular weight excluding hydrogens is 162 g/mol. The number of carbonyl (C=O) groups is 1. The topological polar surface area (TPSA) is 30.0 Å². The van der Waals surface area contributed by atoms with Crippen LogP contribution in [0.25, 0.3) is 0 Å². The average molecular weight is 175 g/mol. The van der Waals surface area contributed by atoms with Crippen molar-refractivity contribution in [1.29, 1.82) is 0 Å². The highest BCUT2D eigenvalue weighted by Gasteiger charge is 2.17. The van der Waals surface area contributed by atoms with Gasteiger partial charge in [0, 0.05) is 12.6 Å². The summed E-state index contributed by atoms with van der Waals surface area (Å²) in [6.45, 7) is 2.05. The number of ketones is 1. The lowest BCUT2D eigenvalue weighted by Gasteiger charge is -2.05. The van der Waals surface area contributed by atoms with E-state index in [9.17, 15) is 4.79 Å². The van der Waals surface area contributed by atoms with Crippen LogP contribution in [0.15, 0.2) is 12.3 Å². The maximum Gasteiger partial charge on any atom is 0.181 e. The lowest BCUT2D eigenvalue weighted by molar-refractivity contribution is 0.0977. The van der Waals surface area contributed by atoms with Crippen LogP contribution in [0, 0.1) is 6.92 Å². The van der Waals surface area contributed by atoms with Gasteiger partial charge >= 0.3 is 0 Å². The molecule has 1 aliphatic rings. The highest BCUT2D eigenvalue weighted by atomic mass is 16.1. The lowest BCUT2D eigenvalue weighted by atomic mass is 10.0. The molecule has 2 heteroatoms. The molecule has 1 aromatic rings. The van der Waals surface area contributed by atoms with E-state index in [0.717, 1.165) is 25.0 Å². The van der Waals surface area contributed by atoms with Crippen LogP contribution in [0.1, 0.15) is 40.9 Å². The van der Waals surface area contributed by atoms with Gasteiger partial charge in [-0.15, -0.1) is 0 Å². The fourth-order valence-electron chi connectivity index (χ4n) is 1.85. The predicted octanol–water partition coefficient (Wildman–Crippen LogP) is 2.30. The summed E-state index contributed by atoms with van der Waals surface area (Å²) in [5, 5.41) is 0. The molecule has 2 nitrogen and oxygen atoms in total. The Morgan fingerprint density at radius 1 is 1.31 bits per heavy atom. The molecule has 0 unspecified atom stereocenters. The molecule has 0 N–H and O–H groups in total. The number of carbonyl (C=O) groups excluding carboxylic acids is 1. The minimum Gasteiger partial charge on any atom is -0.292 e. The zero-order valence-corrected chi connectivity index (χ0v) is 7.84. The number of rotatable bonds is 0. The molecule has 0 fully saturated rings. The molecule has 0 bridgehead atoms. The Kier molecular flexibility index (Phi) is 2.13. The van der Waals surface area contributed by atoms with Crippen LogP contribution >= 0.6 is 0 Å². The molecular formula is C11H13NO. The Bertz CT molecular complexity index is 344. The Morgan fingerprint density at radius 3 is 2.92 bits per heavy atom. The molecule has 0 radical (unpaired) electrons. The number of hydrogen-bond acceptors (Lipinski definition) is 2. The molecule has 1 heterocycles. The van der Waals surface area contributed by atoms with E-state index in [0.29, 0.717) is 6.42 Å². The molecule has 68 valence electrons. The summed E-state index contributed by atoms with van der Waals surface area (Å²) in [6.07, 6.45) is 5.54. The summed E-state index contributed by atoms with van der Waals surface area (Å²) >= 11 is 0. The van der Waals surface area contributed by atoms with Crippen LogP contribution in [0.3, 0.4) is 0 Å². The van der Waals surface area contributed by atoms with Gasteiger partial charge in [0.15, 0.2) is 5.78 Å². The van der Waals surface area contributed by atoms with Gasteiger partial charge in [0.25, 0.3) is 0 Å². The second-order valence-corrected chi connectivity index (χ2v) is 3.59. The second kappa shape index (κ2) is 3.29. The van der Waals surface area contributed by atoms with Crippen LogP contribution in [-0.2, 0) is 6.42 Å². The zero-order valence-electron chi connectivity index (χ0n) is 7.84. The average Bonchev–Trinajstić information content (AvgIpc) is 2.30. The van der Waals surface area contributed by atoms with Gasteiger partial charge in [-0.2, -0.15) is 0 Å². The van der Waals surface area contributed by atoms with Crippen molar-refractivity contribution in [2.45, 2.75) is 32.6 Å². The largest absolute Gasteiger partial charge is 0.292 e. The molecule has 0 amide bonds. The summed E-state index contributed by atoms with van der Waals surface area (Å²) in [5.41, 5.74) is 3.10. The van der Waals surface area contributed by atoms with Crippen LogP contribution in [0.5, 0.6) is 0 Å². The van der Waals surface area contributed by atoms with E-state index in [1.54, 1.807) is 6.20 Å². The van der Waals surface area contributed by atoms with Crippen LogP contribution < -0.4 is 0 Å². The summed E-state index contributed by atoms with van der Waals surface area (Å²) in [7, 11) is 0. The van der Waals surface area contributed by atoms with Crippen LogP contribution in [0.2, 0.25) is 0 Å². The highest BCUT2D eigenvalue weighted by Crippen LogP contribution is 2.21. The molecule has 2 rings (SSSR count). The predicted molar refractivity (Wildman–Crippen MR) is 50.9 cm³/mol. The fraction of sp³-hybridized carbons (Fsp3) is 0.455. The maximum atomic E-state index is 11.6. The van der Waals surface area contributed by atoms with Gasteiger partial charge < -0.3 is 0 Å². The molecule has 0 saturated carbocycles. The monoisotopic (exact) mass is 175 g/mol. The number of hydrogen-bond donors (Lipinski definition) is 0. The van der Waals surface area contributed by atoms with Gasteiger partial charge in [-0.3, -0.25) is 9.78 Å². The van der Waals surface area contributed by atoms with E-state index in [-0.39, 0.29) is 5.78 Å². The van der Waals surface area contributed by atoms with Crippen molar-refractivity contribution in [3.63, 3.8) is 0 Å². The van der Waals surface area contributed by atoms with Crippen molar-refractivity contribution in [2.24, 2.45) is 0 Å². The van der Waals surface area contributed by atoms with E-state index in [1.165, 1.54) is 11.1 Å². The first-order valence-electron chi connectivity index (χ1n) is 4.77. The number of Topliss-reactive ketones (excluding diaryl/α,β-unsaturated/α-hetero) is 1. The summed E-state index contributed by atoms with van der Waals surface area (Å²) in [6, 6.07) is 1.98. The number of aromatic nitrogens is 1. The number of nitrogens with zero attached hydrogens (tertiary/aromatic N) is 1. The minimum absolute atomic E-state index is 0.219.